The first-order chi connectivity index (χ1) is 16.8. The Morgan fingerprint density at radius 2 is 2.00 bits per heavy atom. The molecule has 2 aromatic carbocycles. The molecule has 0 unspecified atom stereocenters. The summed E-state index contributed by atoms with van der Waals surface area (Å²) in [6, 6.07) is 8.85. The summed E-state index contributed by atoms with van der Waals surface area (Å²) in [6.07, 6.45) is 1.14. The van der Waals surface area contributed by atoms with Gasteiger partial charge in [-0.05, 0) is 31.5 Å². The Labute approximate surface area is 212 Å². The number of carbonyl (C=O) groups is 2. The lowest BCUT2D eigenvalue weighted by Crippen LogP contribution is -2.34. The van der Waals surface area contributed by atoms with E-state index in [-0.39, 0.29) is 5.56 Å². The summed E-state index contributed by atoms with van der Waals surface area (Å²) in [6.45, 7) is 4.28. The fourth-order valence-corrected chi connectivity index (χ4v) is 4.48. The molecule has 35 heavy (non-hydrogen) atoms. The summed E-state index contributed by atoms with van der Waals surface area (Å²) < 4.78 is 5.92. The first kappa shape index (κ1) is 24.7. The highest BCUT2D eigenvalue weighted by Crippen LogP contribution is 2.40. The van der Waals surface area contributed by atoms with Crippen molar-refractivity contribution in [2.24, 2.45) is 5.73 Å². The fraction of sp³-hybridized carbons (Fsp3) is 0.292. The third-order valence-electron chi connectivity index (χ3n) is 5.83. The van der Waals surface area contributed by atoms with Gasteiger partial charge in [-0.25, -0.2) is 4.79 Å². The van der Waals surface area contributed by atoms with Crippen LogP contribution >= 0.6 is 23.2 Å². The van der Waals surface area contributed by atoms with Gasteiger partial charge in [0.15, 0.2) is 0 Å². The number of ether oxygens (including phenoxy) is 1. The number of carboxylic acid groups (broad SMARTS) is 1. The van der Waals surface area contributed by atoms with Crippen LogP contribution in [-0.2, 0) is 0 Å². The molecule has 4 N–H and O–H groups in total. The molecular weight excluding hydrogens is 493 g/mol. The van der Waals surface area contributed by atoms with Crippen LogP contribution in [0.25, 0.3) is 10.9 Å². The number of hydrogen-bond acceptors (Lipinski definition) is 6. The first-order valence-electron chi connectivity index (χ1n) is 11.1. The van der Waals surface area contributed by atoms with E-state index in [0.29, 0.717) is 77.3 Å². The van der Waals surface area contributed by atoms with Gasteiger partial charge in [0.1, 0.15) is 5.75 Å². The minimum absolute atomic E-state index is 0.191. The molecule has 4 rings (SSSR count). The van der Waals surface area contributed by atoms with E-state index in [4.69, 9.17) is 33.7 Å². The normalized spacial score (nSPS) is 14.0. The predicted molar refractivity (Wildman–Crippen MR) is 138 cm³/mol. The molecule has 1 aromatic heterocycles. The minimum Gasteiger partial charge on any atom is -0.492 e. The number of aromatic nitrogens is 1. The number of carbonyl (C=O) groups excluding carboxylic acids is 1. The zero-order chi connectivity index (χ0) is 25.1. The van der Waals surface area contributed by atoms with E-state index in [9.17, 15) is 14.7 Å². The Morgan fingerprint density at radius 1 is 1.20 bits per heavy atom. The molecule has 11 heteroatoms. The summed E-state index contributed by atoms with van der Waals surface area (Å²) in [5, 5.41) is 13.9. The molecule has 184 valence electrons. The van der Waals surface area contributed by atoms with Gasteiger partial charge in [-0.1, -0.05) is 29.3 Å². The van der Waals surface area contributed by atoms with Crippen LogP contribution in [0.15, 0.2) is 36.5 Å². The average molecular weight is 518 g/mol. The van der Waals surface area contributed by atoms with Crippen LogP contribution in [-0.4, -0.2) is 59.8 Å². The summed E-state index contributed by atoms with van der Waals surface area (Å²) in [5.74, 6) is -0.0304. The summed E-state index contributed by atoms with van der Waals surface area (Å²) in [7, 11) is 0. The van der Waals surface area contributed by atoms with Crippen molar-refractivity contribution in [3.05, 3.63) is 52.1 Å². The number of primary amides is 1. The molecule has 1 aliphatic heterocycles. The second kappa shape index (κ2) is 10.5. The maximum Gasteiger partial charge on any atom is 0.407 e. The van der Waals surface area contributed by atoms with Crippen molar-refractivity contribution in [1.82, 2.24) is 9.88 Å². The zero-order valence-corrected chi connectivity index (χ0v) is 20.6. The van der Waals surface area contributed by atoms with E-state index < -0.39 is 12.0 Å². The largest absolute Gasteiger partial charge is 0.492 e. The van der Waals surface area contributed by atoms with Crippen molar-refractivity contribution < 1.29 is 19.4 Å². The number of rotatable bonds is 6. The van der Waals surface area contributed by atoms with Gasteiger partial charge in [0.05, 0.1) is 44.8 Å². The van der Waals surface area contributed by atoms with Crippen LogP contribution < -0.4 is 20.7 Å². The number of fused-ring (bicyclic) bond motifs is 1. The minimum atomic E-state index is -0.935. The van der Waals surface area contributed by atoms with Gasteiger partial charge in [0.2, 0.25) is 0 Å². The molecule has 1 saturated heterocycles. The number of nitrogens with zero attached hydrogens (tertiary/aromatic N) is 3. The molecule has 0 saturated carbocycles. The molecule has 0 radical (unpaired) electrons. The third kappa shape index (κ3) is 5.16. The average Bonchev–Trinajstić information content (AvgIpc) is 3.08. The highest BCUT2D eigenvalue weighted by atomic mass is 35.5. The van der Waals surface area contributed by atoms with Gasteiger partial charge in [-0.3, -0.25) is 9.78 Å². The van der Waals surface area contributed by atoms with Gasteiger partial charge in [-0.2, -0.15) is 0 Å². The highest BCUT2D eigenvalue weighted by Gasteiger charge is 2.23. The zero-order valence-electron chi connectivity index (χ0n) is 19.1. The van der Waals surface area contributed by atoms with Crippen LogP contribution in [0.3, 0.4) is 0 Å². The second-order valence-corrected chi connectivity index (χ2v) is 8.80. The predicted octanol–water partition coefficient (Wildman–Crippen LogP) is 4.97. The molecule has 0 aliphatic carbocycles. The maximum atomic E-state index is 12.3. The Morgan fingerprint density at radius 3 is 2.71 bits per heavy atom. The van der Waals surface area contributed by atoms with Crippen molar-refractivity contribution in [2.75, 3.05) is 43.0 Å². The maximum absolute atomic E-state index is 12.3. The lowest BCUT2D eigenvalue weighted by molar-refractivity contribution is 0.100. The van der Waals surface area contributed by atoms with Crippen LogP contribution in [0.1, 0.15) is 23.7 Å². The van der Waals surface area contributed by atoms with Crippen molar-refractivity contribution in [3.63, 3.8) is 0 Å². The lowest BCUT2D eigenvalue weighted by atomic mass is 10.1. The van der Waals surface area contributed by atoms with Crippen molar-refractivity contribution in [1.29, 1.82) is 0 Å². The number of pyridine rings is 1. The summed E-state index contributed by atoms with van der Waals surface area (Å²) >= 11 is 12.6. The monoisotopic (exact) mass is 517 g/mol. The van der Waals surface area contributed by atoms with E-state index in [1.807, 2.05) is 19.1 Å². The second-order valence-electron chi connectivity index (χ2n) is 8.02. The van der Waals surface area contributed by atoms with Crippen LogP contribution in [0, 0.1) is 0 Å². The highest BCUT2D eigenvalue weighted by molar-refractivity contribution is 6.43. The first-order valence-corrected chi connectivity index (χ1v) is 11.9. The number of anilines is 3. The van der Waals surface area contributed by atoms with Gasteiger partial charge in [-0.15, -0.1) is 0 Å². The Bertz CT molecular complexity index is 1290. The van der Waals surface area contributed by atoms with E-state index >= 15 is 0 Å². The van der Waals surface area contributed by atoms with Gasteiger partial charge in [0.25, 0.3) is 5.91 Å². The molecule has 0 bridgehead atoms. The number of amides is 2. The van der Waals surface area contributed by atoms with Gasteiger partial charge in [0, 0.05) is 43.8 Å². The van der Waals surface area contributed by atoms with Crippen molar-refractivity contribution in [3.8, 4) is 5.75 Å². The van der Waals surface area contributed by atoms with Gasteiger partial charge < -0.3 is 30.7 Å². The SMILES string of the molecule is CCOc1cc2ncc(C(N)=O)c(Nc3cccc(Cl)c3Cl)c2cc1N1CCCN(C(=O)O)CC1. The van der Waals surface area contributed by atoms with Crippen LogP contribution in [0.5, 0.6) is 5.75 Å². The molecule has 1 fully saturated rings. The van der Waals surface area contributed by atoms with E-state index in [1.54, 1.807) is 18.2 Å². The number of benzene rings is 2. The number of nitrogens with two attached hydrogens (primary N) is 1. The molecule has 0 spiro atoms. The van der Waals surface area contributed by atoms with Crippen LogP contribution in [0.4, 0.5) is 21.9 Å². The molecule has 2 amide bonds. The molecule has 1 aliphatic rings. The number of halogens is 2. The van der Waals surface area contributed by atoms with E-state index in [2.05, 4.69) is 15.2 Å². The molecule has 9 nitrogen and oxygen atoms in total. The van der Waals surface area contributed by atoms with Crippen molar-refractivity contribution >= 4 is 63.2 Å². The Hall–Kier alpha value is -3.43. The van der Waals surface area contributed by atoms with Crippen LogP contribution in [0.2, 0.25) is 10.0 Å². The number of nitrogens with one attached hydrogen (secondary N) is 1. The lowest BCUT2D eigenvalue weighted by Gasteiger charge is -2.26. The fourth-order valence-electron chi connectivity index (χ4n) is 4.13. The molecular formula is C24H25Cl2N5O4. The van der Waals surface area contributed by atoms with E-state index in [0.717, 1.165) is 5.69 Å². The standard InChI is InChI=1S/C24H25Cl2N5O4/c1-2-35-20-12-18-14(11-19(20)30-7-4-8-31(10-9-30)24(33)34)22(15(13-28-18)23(27)32)29-17-6-3-5-16(25)21(17)26/h3,5-6,11-13H,2,4,7-10H2,1H3,(H2,27,32)(H,28,29)(H,33,34). The molecule has 2 heterocycles. The van der Waals surface area contributed by atoms with Gasteiger partial charge >= 0.3 is 6.09 Å². The number of hydrogen-bond donors (Lipinski definition) is 3. The summed E-state index contributed by atoms with van der Waals surface area (Å²) in [4.78, 5) is 31.7. The molecule has 0 atom stereocenters. The summed E-state index contributed by atoms with van der Waals surface area (Å²) in [5.41, 5.74) is 8.18. The van der Waals surface area contributed by atoms with Crippen molar-refractivity contribution in [2.45, 2.75) is 13.3 Å². The Kier molecular flexibility index (Phi) is 7.37. The van der Waals surface area contributed by atoms with E-state index in [1.165, 1.54) is 11.1 Å². The topological polar surface area (TPSA) is 121 Å². The quantitative estimate of drug-likeness (QED) is 0.421. The third-order valence-corrected chi connectivity index (χ3v) is 6.65. The molecule has 3 aromatic rings. The smallest absolute Gasteiger partial charge is 0.407 e. The Balaban J connectivity index is 1.86.